The molecule has 0 saturated carbocycles. The lowest BCUT2D eigenvalue weighted by Gasteiger charge is -2.29. The zero-order valence-corrected chi connectivity index (χ0v) is 32.5. The number of rotatable bonds is 25. The summed E-state index contributed by atoms with van der Waals surface area (Å²) in [7, 11) is 0. The molecule has 1 aromatic rings. The van der Waals surface area contributed by atoms with Gasteiger partial charge < -0.3 is 42.2 Å². The van der Waals surface area contributed by atoms with Crippen LogP contribution in [0.15, 0.2) is 24.3 Å². The van der Waals surface area contributed by atoms with Crippen molar-refractivity contribution in [2.24, 2.45) is 17.8 Å². The fraction of sp³-hybridized carbons (Fsp3) is 0.676. The summed E-state index contributed by atoms with van der Waals surface area (Å²) in [6, 6.07) is 2.45. The molecule has 0 spiro atoms. The Bertz CT molecular complexity index is 1340. The molecule has 0 radical (unpaired) electrons. The average molecular weight is 750 g/mol. The van der Waals surface area contributed by atoms with Crippen LogP contribution in [0.4, 0.5) is 5.69 Å². The Labute approximate surface area is 313 Å². The molecule has 16 heteroatoms. The number of benzene rings is 1. The van der Waals surface area contributed by atoms with Gasteiger partial charge in [0, 0.05) is 44.1 Å². The van der Waals surface area contributed by atoms with Crippen LogP contribution in [0, 0.1) is 23.0 Å². The molecule has 0 heterocycles. The number of nitrogens with one attached hydrogen (secondary N) is 7. The Morgan fingerprint density at radius 2 is 1.51 bits per heavy atom. The van der Waals surface area contributed by atoms with Crippen LogP contribution in [0.5, 0.6) is 0 Å². The van der Waals surface area contributed by atoms with E-state index in [1.807, 2.05) is 34.6 Å². The zero-order chi connectivity index (χ0) is 40.2. The summed E-state index contributed by atoms with van der Waals surface area (Å²) in [5.74, 6) is -3.48. The number of carboxylic acids is 1. The maximum absolute atomic E-state index is 13.6. The van der Waals surface area contributed by atoms with Gasteiger partial charge in [-0.3, -0.25) is 28.8 Å². The lowest BCUT2D eigenvalue weighted by Crippen LogP contribution is -2.99. The van der Waals surface area contributed by atoms with Crippen molar-refractivity contribution >= 4 is 41.2 Å². The predicted molar refractivity (Wildman–Crippen MR) is 199 cm³/mol. The fourth-order valence-electron chi connectivity index (χ4n) is 5.57. The molecule has 0 aliphatic heterocycles. The van der Waals surface area contributed by atoms with E-state index in [1.165, 1.54) is 12.1 Å². The van der Waals surface area contributed by atoms with E-state index in [1.54, 1.807) is 32.9 Å². The quantitative estimate of drug-likeness (QED) is 0.0652. The number of carbonyl (C=O) groups excluding carboxylic acids is 5. The SMILES string of the molecule is CCC[C@H](NC(=O)[C@@H](NC(=O)CCCC(=O)O)[C@@H](C)CC)C(=O)N[C@H](CN[C@@H](C)C(=O)N[C@H](C(=O)NCc1cccc([NH+]([O-])O)c1)C(C)C)CC(C)C. The molecule has 0 saturated heterocycles. The molecule has 300 valence electrons. The molecular formula is C37H63N7O9. The molecular weight excluding hydrogens is 686 g/mol. The van der Waals surface area contributed by atoms with Gasteiger partial charge in [0.15, 0.2) is 5.69 Å². The van der Waals surface area contributed by atoms with Gasteiger partial charge in [-0.05, 0) is 49.5 Å². The molecule has 16 nitrogen and oxygen atoms in total. The van der Waals surface area contributed by atoms with E-state index in [9.17, 15) is 39.2 Å². The standard InChI is InChI=1S/C37H63N7O9/c1-9-13-29(41-37(51)33(24(7)10-2)42-30(45)16-12-17-31(46)47)35(49)40-27(18-22(3)4)21-38-25(8)34(48)43-32(23(5)6)36(50)39-20-26-14-11-15-28(19-26)44(52)53/h11,14-15,19,22-25,27,29,32-33,38,44,52H,9-10,12-13,16-18,20-21H2,1-8H3,(H,39,50)(H,40,49)(H,41,51)(H,42,45)(H,43,48)(H,46,47)/t24-,25-,27-,29-,32-,33-/m0/s1. The van der Waals surface area contributed by atoms with E-state index < -0.39 is 70.9 Å². The Kier molecular flexibility index (Phi) is 21.5. The number of aliphatic carboxylic acids is 1. The molecule has 9 N–H and O–H groups in total. The number of hydrogen-bond acceptors (Lipinski definition) is 9. The minimum Gasteiger partial charge on any atom is -0.595 e. The van der Waals surface area contributed by atoms with Crippen LogP contribution in [-0.4, -0.2) is 82.6 Å². The van der Waals surface area contributed by atoms with Crippen molar-refractivity contribution in [1.29, 1.82) is 0 Å². The first-order chi connectivity index (χ1) is 24.9. The first-order valence-corrected chi connectivity index (χ1v) is 18.6. The van der Waals surface area contributed by atoms with Gasteiger partial charge in [0.1, 0.15) is 18.1 Å². The zero-order valence-electron chi connectivity index (χ0n) is 32.5. The molecule has 0 fully saturated rings. The van der Waals surface area contributed by atoms with E-state index in [0.717, 1.165) is 0 Å². The molecule has 0 aromatic heterocycles. The average Bonchev–Trinajstić information content (AvgIpc) is 3.09. The number of amides is 5. The van der Waals surface area contributed by atoms with Crippen molar-refractivity contribution in [2.45, 2.75) is 137 Å². The van der Waals surface area contributed by atoms with Crippen molar-refractivity contribution in [3.8, 4) is 0 Å². The van der Waals surface area contributed by atoms with E-state index >= 15 is 0 Å². The van der Waals surface area contributed by atoms with Crippen LogP contribution in [0.2, 0.25) is 0 Å². The van der Waals surface area contributed by atoms with Gasteiger partial charge >= 0.3 is 5.97 Å². The predicted octanol–water partition coefficient (Wildman–Crippen LogP) is 1.43. The van der Waals surface area contributed by atoms with Gasteiger partial charge in [0.2, 0.25) is 29.5 Å². The minimum atomic E-state index is -1.07. The minimum absolute atomic E-state index is 0.0395. The van der Waals surface area contributed by atoms with Gasteiger partial charge in [0.05, 0.1) is 6.04 Å². The van der Waals surface area contributed by atoms with Crippen LogP contribution in [0.3, 0.4) is 0 Å². The second kappa shape index (κ2) is 24.2. The first kappa shape index (κ1) is 46.9. The summed E-state index contributed by atoms with van der Waals surface area (Å²) in [5.41, 5.74) is 0.708. The van der Waals surface area contributed by atoms with E-state index in [-0.39, 0.29) is 55.8 Å². The molecule has 5 amide bonds. The van der Waals surface area contributed by atoms with Crippen LogP contribution < -0.4 is 37.1 Å². The van der Waals surface area contributed by atoms with Crippen molar-refractivity contribution < 1.29 is 44.3 Å². The Balaban J connectivity index is 2.91. The summed E-state index contributed by atoms with van der Waals surface area (Å²) in [6.07, 6.45) is 2.04. The number of carboxylic acid groups (broad SMARTS) is 1. The molecule has 1 aromatic carbocycles. The smallest absolute Gasteiger partial charge is 0.303 e. The van der Waals surface area contributed by atoms with Crippen LogP contribution in [0.25, 0.3) is 0 Å². The van der Waals surface area contributed by atoms with Crippen LogP contribution >= 0.6 is 0 Å². The van der Waals surface area contributed by atoms with Crippen molar-refractivity contribution in [2.75, 3.05) is 6.54 Å². The summed E-state index contributed by atoms with van der Waals surface area (Å²) in [5, 5.41) is 45.6. The Morgan fingerprint density at radius 3 is 2.08 bits per heavy atom. The normalized spacial score (nSPS) is 15.3. The Hall–Kier alpha value is -4.12. The topological polar surface area (TPSA) is 243 Å². The summed E-state index contributed by atoms with van der Waals surface area (Å²) in [6.45, 7) is 15.2. The van der Waals surface area contributed by atoms with Gasteiger partial charge in [-0.15, -0.1) is 0 Å². The maximum Gasteiger partial charge on any atom is 0.303 e. The van der Waals surface area contributed by atoms with Gasteiger partial charge in [-0.25, -0.2) is 5.21 Å². The summed E-state index contributed by atoms with van der Waals surface area (Å²) in [4.78, 5) is 76.7. The number of quaternary nitrogens is 1. The first-order valence-electron chi connectivity index (χ1n) is 18.6. The fourth-order valence-corrected chi connectivity index (χ4v) is 5.57. The van der Waals surface area contributed by atoms with E-state index in [0.29, 0.717) is 31.2 Å². The molecule has 1 unspecified atom stereocenters. The van der Waals surface area contributed by atoms with Crippen molar-refractivity contribution in [3.63, 3.8) is 0 Å². The van der Waals surface area contributed by atoms with E-state index in [4.69, 9.17) is 5.11 Å². The highest BCUT2D eigenvalue weighted by Crippen LogP contribution is 2.12. The lowest BCUT2D eigenvalue weighted by atomic mass is 9.97. The molecule has 0 aliphatic carbocycles. The highest BCUT2D eigenvalue weighted by Gasteiger charge is 2.31. The van der Waals surface area contributed by atoms with Gasteiger partial charge in [0.25, 0.3) is 0 Å². The van der Waals surface area contributed by atoms with Crippen LogP contribution in [0.1, 0.15) is 106 Å². The second-order valence-corrected chi connectivity index (χ2v) is 14.4. The van der Waals surface area contributed by atoms with Crippen LogP contribution in [-0.2, 0) is 35.3 Å². The molecule has 0 aliphatic rings. The number of carbonyl (C=O) groups is 6. The molecule has 53 heavy (non-hydrogen) atoms. The van der Waals surface area contributed by atoms with Gasteiger partial charge in [-0.2, -0.15) is 5.23 Å². The number of hydrogen-bond donors (Lipinski definition) is 9. The Morgan fingerprint density at radius 1 is 0.830 bits per heavy atom. The lowest BCUT2D eigenvalue weighted by molar-refractivity contribution is -0.991. The molecule has 0 bridgehead atoms. The third-order valence-corrected chi connectivity index (χ3v) is 8.87. The maximum atomic E-state index is 13.6. The van der Waals surface area contributed by atoms with Gasteiger partial charge in [-0.1, -0.05) is 73.4 Å². The highest BCUT2D eigenvalue weighted by atomic mass is 16.8. The van der Waals surface area contributed by atoms with E-state index in [2.05, 4.69) is 31.9 Å². The summed E-state index contributed by atoms with van der Waals surface area (Å²) >= 11 is 0. The third-order valence-electron chi connectivity index (χ3n) is 8.87. The molecule has 1 rings (SSSR count). The third kappa shape index (κ3) is 18.0. The highest BCUT2D eigenvalue weighted by molar-refractivity contribution is 5.92. The molecule has 7 atom stereocenters. The van der Waals surface area contributed by atoms with Crippen molar-refractivity contribution in [3.05, 3.63) is 35.0 Å². The second-order valence-electron chi connectivity index (χ2n) is 14.4. The monoisotopic (exact) mass is 749 g/mol. The largest absolute Gasteiger partial charge is 0.595 e. The van der Waals surface area contributed by atoms with Crippen molar-refractivity contribution in [1.82, 2.24) is 31.9 Å². The summed E-state index contributed by atoms with van der Waals surface area (Å²) < 4.78 is 0.